The first-order valence-corrected chi connectivity index (χ1v) is 15.2. The van der Waals surface area contributed by atoms with Gasteiger partial charge in [0.15, 0.2) is 9.84 Å². The second kappa shape index (κ2) is 10.2. The van der Waals surface area contributed by atoms with E-state index in [1.54, 1.807) is 31.2 Å². The number of amides is 2. The van der Waals surface area contributed by atoms with Crippen LogP contribution in [0.3, 0.4) is 0 Å². The van der Waals surface area contributed by atoms with Gasteiger partial charge in [0, 0.05) is 43.1 Å². The van der Waals surface area contributed by atoms with Gasteiger partial charge in [-0.05, 0) is 41.7 Å². The molecule has 0 bridgehead atoms. The smallest absolute Gasteiger partial charge is 0.317 e. The fraction of sp³-hybridized carbons (Fsp3) is 0.467. The number of aromatic nitrogens is 2. The Balaban J connectivity index is 1.36. The lowest BCUT2D eigenvalue weighted by Crippen LogP contribution is -2.38. The van der Waals surface area contributed by atoms with Crippen LogP contribution in [-0.4, -0.2) is 48.0 Å². The molecule has 5 rings (SSSR count). The second-order valence-corrected chi connectivity index (χ2v) is 13.9. The number of nitrogens with zero attached hydrogens (tertiary/aromatic N) is 3. The summed E-state index contributed by atoms with van der Waals surface area (Å²) in [5, 5.41) is 8.10. The van der Waals surface area contributed by atoms with Gasteiger partial charge in [0.05, 0.1) is 22.4 Å². The van der Waals surface area contributed by atoms with E-state index in [1.165, 1.54) is 24.0 Å². The Morgan fingerprint density at radius 2 is 1.66 bits per heavy atom. The average molecular weight is 535 g/mol. The summed E-state index contributed by atoms with van der Waals surface area (Å²) in [6, 6.07) is 17.6. The summed E-state index contributed by atoms with van der Waals surface area (Å²) in [6.45, 7) is 9.87. The lowest BCUT2D eigenvalue weighted by atomic mass is 9.79. The van der Waals surface area contributed by atoms with Gasteiger partial charge in [-0.1, -0.05) is 70.2 Å². The minimum absolute atomic E-state index is 0.0677. The van der Waals surface area contributed by atoms with Gasteiger partial charge in [-0.25, -0.2) is 13.2 Å². The molecule has 3 aromatic rings. The highest BCUT2D eigenvalue weighted by Gasteiger charge is 2.41. The summed E-state index contributed by atoms with van der Waals surface area (Å²) < 4.78 is 26.3. The predicted molar refractivity (Wildman–Crippen MR) is 149 cm³/mol. The van der Waals surface area contributed by atoms with Crippen LogP contribution in [0.1, 0.15) is 80.8 Å². The van der Waals surface area contributed by atoms with Crippen LogP contribution in [-0.2, 0) is 21.8 Å². The first kappa shape index (κ1) is 26.5. The maximum Gasteiger partial charge on any atom is 0.317 e. The van der Waals surface area contributed by atoms with E-state index >= 15 is 0 Å². The normalized spacial score (nSPS) is 20.1. The third-order valence-electron chi connectivity index (χ3n) is 7.73. The summed E-state index contributed by atoms with van der Waals surface area (Å²) in [5.74, 6) is 0.403. The number of hydrogen-bond donors (Lipinski definition) is 1. The largest absolute Gasteiger partial charge is 0.334 e. The van der Waals surface area contributed by atoms with Crippen LogP contribution in [0, 0.1) is 0 Å². The van der Waals surface area contributed by atoms with Crippen molar-refractivity contribution in [3.63, 3.8) is 0 Å². The highest BCUT2D eigenvalue weighted by molar-refractivity contribution is 7.91. The molecule has 0 spiro atoms. The summed E-state index contributed by atoms with van der Waals surface area (Å²) in [5.41, 5.74) is 4.38. The van der Waals surface area contributed by atoms with Gasteiger partial charge in [0.2, 0.25) is 0 Å². The Hall–Kier alpha value is -3.13. The molecule has 38 heavy (non-hydrogen) atoms. The van der Waals surface area contributed by atoms with Crippen LogP contribution < -0.4 is 5.32 Å². The maximum atomic E-state index is 13.3. The van der Waals surface area contributed by atoms with Crippen molar-refractivity contribution in [1.82, 2.24) is 20.0 Å². The Kier molecular flexibility index (Phi) is 7.11. The Bertz CT molecular complexity index is 1390. The van der Waals surface area contributed by atoms with Crippen molar-refractivity contribution in [1.29, 1.82) is 0 Å². The number of carbonyl (C=O) groups is 1. The standard InChI is InChI=1S/C30H38N4O3S/c1-5-38(36,37)24-15-11-21(12-16-24)17-31-29(35)33-18-25(22-9-7-6-8-10-22)26(19-33)27-20-34(23-13-14-23)32-28(27)30(2,3)4/h6-12,15-16,20,23,25-26H,5,13-14,17-19H2,1-4H3,(H,31,35). The number of hydrogen-bond acceptors (Lipinski definition) is 4. The van der Waals surface area contributed by atoms with Crippen molar-refractivity contribution in [2.75, 3.05) is 18.8 Å². The first-order valence-electron chi connectivity index (χ1n) is 13.6. The first-order chi connectivity index (χ1) is 18.1. The van der Waals surface area contributed by atoms with Crippen LogP contribution in [0.5, 0.6) is 0 Å². The SMILES string of the molecule is CCS(=O)(=O)c1ccc(CNC(=O)N2CC(c3ccccc3)C(c3cn(C4CC4)nc3C(C)(C)C)C2)cc1. The van der Waals surface area contributed by atoms with Crippen molar-refractivity contribution in [2.45, 2.75) is 75.3 Å². The fourth-order valence-electron chi connectivity index (χ4n) is 5.38. The van der Waals surface area contributed by atoms with Crippen LogP contribution in [0.15, 0.2) is 65.7 Å². The number of benzene rings is 2. The molecule has 1 aliphatic heterocycles. The van der Waals surface area contributed by atoms with Crippen molar-refractivity contribution in [3.8, 4) is 0 Å². The minimum Gasteiger partial charge on any atom is -0.334 e. The van der Waals surface area contributed by atoms with E-state index in [2.05, 4.69) is 61.2 Å². The lowest BCUT2D eigenvalue weighted by molar-refractivity contribution is 0.207. The molecule has 2 heterocycles. The molecule has 2 aliphatic rings. The topological polar surface area (TPSA) is 84.3 Å². The Labute approximate surface area is 226 Å². The zero-order chi connectivity index (χ0) is 27.1. The van der Waals surface area contributed by atoms with Crippen LogP contribution >= 0.6 is 0 Å². The van der Waals surface area contributed by atoms with Crippen molar-refractivity contribution >= 4 is 15.9 Å². The highest BCUT2D eigenvalue weighted by atomic mass is 32.2. The fourth-order valence-corrected chi connectivity index (χ4v) is 6.26. The van der Waals surface area contributed by atoms with Crippen molar-refractivity contribution in [3.05, 3.63) is 83.2 Å². The van der Waals surface area contributed by atoms with E-state index in [-0.39, 0.29) is 29.0 Å². The van der Waals surface area contributed by atoms with Gasteiger partial charge >= 0.3 is 6.03 Å². The number of urea groups is 1. The summed E-state index contributed by atoms with van der Waals surface area (Å²) in [7, 11) is -3.24. The molecule has 1 N–H and O–H groups in total. The van der Waals surface area contributed by atoms with E-state index in [9.17, 15) is 13.2 Å². The van der Waals surface area contributed by atoms with E-state index < -0.39 is 9.84 Å². The van der Waals surface area contributed by atoms with Gasteiger partial charge in [0.25, 0.3) is 0 Å². The van der Waals surface area contributed by atoms with Crippen molar-refractivity contribution in [2.24, 2.45) is 0 Å². The van der Waals surface area contributed by atoms with Crippen LogP contribution in [0.25, 0.3) is 0 Å². The van der Waals surface area contributed by atoms with E-state index in [1.807, 2.05) is 11.0 Å². The molecule has 2 unspecified atom stereocenters. The molecule has 7 nitrogen and oxygen atoms in total. The third-order valence-corrected chi connectivity index (χ3v) is 9.48. The summed E-state index contributed by atoms with van der Waals surface area (Å²) in [6.07, 6.45) is 4.60. The molecule has 1 saturated heterocycles. The van der Waals surface area contributed by atoms with Crippen molar-refractivity contribution < 1.29 is 13.2 Å². The Morgan fingerprint density at radius 3 is 2.26 bits per heavy atom. The van der Waals surface area contributed by atoms with Gasteiger partial charge in [-0.3, -0.25) is 4.68 Å². The number of nitrogens with one attached hydrogen (secondary N) is 1. The van der Waals surface area contributed by atoms with Gasteiger partial charge in [-0.2, -0.15) is 5.10 Å². The molecule has 8 heteroatoms. The molecular weight excluding hydrogens is 496 g/mol. The van der Waals surface area contributed by atoms with Crippen LogP contribution in [0.2, 0.25) is 0 Å². The van der Waals surface area contributed by atoms with Gasteiger partial charge < -0.3 is 10.2 Å². The predicted octanol–water partition coefficient (Wildman–Crippen LogP) is 5.40. The molecule has 1 saturated carbocycles. The Morgan fingerprint density at radius 1 is 1.00 bits per heavy atom. The molecule has 2 fully saturated rings. The van der Waals surface area contributed by atoms with E-state index in [0.717, 1.165) is 11.3 Å². The second-order valence-electron chi connectivity index (χ2n) is 11.6. The average Bonchev–Trinajstić information content (AvgIpc) is 3.49. The molecule has 1 aliphatic carbocycles. The third kappa shape index (κ3) is 5.51. The quantitative estimate of drug-likeness (QED) is 0.440. The maximum absolute atomic E-state index is 13.3. The summed E-state index contributed by atoms with van der Waals surface area (Å²) in [4.78, 5) is 15.6. The number of carbonyl (C=O) groups excluding carboxylic acids is 1. The number of likely N-dealkylation sites (tertiary alicyclic amines) is 1. The molecule has 2 atom stereocenters. The number of rotatable bonds is 7. The van der Waals surface area contributed by atoms with E-state index in [4.69, 9.17) is 5.10 Å². The van der Waals surface area contributed by atoms with Gasteiger partial charge in [0.1, 0.15) is 0 Å². The lowest BCUT2D eigenvalue weighted by Gasteiger charge is -2.23. The molecule has 2 amide bonds. The van der Waals surface area contributed by atoms with Crippen LogP contribution in [0.4, 0.5) is 4.79 Å². The highest BCUT2D eigenvalue weighted by Crippen LogP contribution is 2.44. The summed E-state index contributed by atoms with van der Waals surface area (Å²) >= 11 is 0. The zero-order valence-corrected chi connectivity index (χ0v) is 23.5. The monoisotopic (exact) mass is 534 g/mol. The minimum atomic E-state index is -3.24. The zero-order valence-electron chi connectivity index (χ0n) is 22.7. The molecule has 1 aromatic heterocycles. The molecule has 202 valence electrons. The molecule has 0 radical (unpaired) electrons. The molecule has 2 aromatic carbocycles. The molecular formula is C30H38N4O3S. The van der Waals surface area contributed by atoms with Gasteiger partial charge in [-0.15, -0.1) is 0 Å². The number of sulfone groups is 1. The van der Waals surface area contributed by atoms with E-state index in [0.29, 0.717) is 30.6 Å².